The Morgan fingerprint density at radius 3 is 2.32 bits per heavy atom. The van der Waals surface area contributed by atoms with Gasteiger partial charge in [-0.2, -0.15) is 0 Å². The van der Waals surface area contributed by atoms with Crippen LogP contribution in [0.1, 0.15) is 78.7 Å². The molecule has 0 aliphatic heterocycles. The zero-order valence-corrected chi connectivity index (χ0v) is 22.2. The molecule has 0 aromatic heterocycles. The highest BCUT2D eigenvalue weighted by Crippen LogP contribution is 2.26. The number of benzene rings is 3. The summed E-state index contributed by atoms with van der Waals surface area (Å²) in [4.78, 5) is 24.4. The second-order valence-electron chi connectivity index (χ2n) is 10.6. The molecule has 3 aromatic rings. The van der Waals surface area contributed by atoms with Gasteiger partial charge in [0.15, 0.2) is 0 Å². The molecule has 196 valence electrons. The third kappa shape index (κ3) is 9.27. The Balaban J connectivity index is 1.78. The van der Waals surface area contributed by atoms with Gasteiger partial charge in [0.05, 0.1) is 18.3 Å². The first-order valence-electron chi connectivity index (χ1n) is 13.0. The number of hydrogen-bond acceptors (Lipinski definition) is 4. The molecule has 0 heterocycles. The fourth-order valence-corrected chi connectivity index (χ4v) is 4.29. The molecule has 0 fully saturated rings. The van der Waals surface area contributed by atoms with Crippen LogP contribution in [0.5, 0.6) is 0 Å². The molecule has 0 spiro atoms. The first-order valence-corrected chi connectivity index (χ1v) is 13.0. The van der Waals surface area contributed by atoms with E-state index in [2.05, 4.69) is 62.1 Å². The second-order valence-corrected chi connectivity index (χ2v) is 10.6. The number of unbranched alkanes of at least 4 members (excludes halogenated alkanes) is 2. The SMILES string of the molecule is CC(C)(C)c1cccc(COC(CN(CCCCC=O)Cc2ccc(C(=O)O)cc2)c2ccccc2)c1. The van der Waals surface area contributed by atoms with E-state index in [1.54, 1.807) is 12.1 Å². The van der Waals surface area contributed by atoms with Crippen molar-refractivity contribution in [3.63, 3.8) is 0 Å². The molecule has 0 aliphatic carbocycles. The van der Waals surface area contributed by atoms with Crippen LogP contribution < -0.4 is 0 Å². The number of carboxylic acids is 1. The number of aldehydes is 1. The number of carboxylic acid groups (broad SMARTS) is 1. The van der Waals surface area contributed by atoms with Gasteiger partial charge in [-0.3, -0.25) is 4.90 Å². The predicted octanol–water partition coefficient (Wildman–Crippen LogP) is 6.81. The monoisotopic (exact) mass is 501 g/mol. The summed E-state index contributed by atoms with van der Waals surface area (Å²) in [7, 11) is 0. The maximum Gasteiger partial charge on any atom is 0.335 e. The van der Waals surface area contributed by atoms with Crippen molar-refractivity contribution in [2.75, 3.05) is 13.1 Å². The van der Waals surface area contributed by atoms with Crippen molar-refractivity contribution in [1.29, 1.82) is 0 Å². The van der Waals surface area contributed by atoms with Crippen molar-refractivity contribution in [3.8, 4) is 0 Å². The van der Waals surface area contributed by atoms with Crippen LogP contribution in [-0.4, -0.2) is 35.4 Å². The van der Waals surface area contributed by atoms with Crippen molar-refractivity contribution in [1.82, 2.24) is 4.90 Å². The quantitative estimate of drug-likeness (QED) is 0.194. The molecule has 3 aromatic carbocycles. The minimum atomic E-state index is -0.926. The molecule has 3 rings (SSSR count). The van der Waals surface area contributed by atoms with Crippen molar-refractivity contribution < 1.29 is 19.4 Å². The van der Waals surface area contributed by atoms with Gasteiger partial charge in [-0.15, -0.1) is 0 Å². The van der Waals surface area contributed by atoms with E-state index in [0.717, 1.165) is 42.4 Å². The van der Waals surface area contributed by atoms with E-state index < -0.39 is 5.97 Å². The first kappa shape index (κ1) is 28.3. The van der Waals surface area contributed by atoms with E-state index in [1.807, 2.05) is 30.3 Å². The molecule has 0 bridgehead atoms. The number of carbonyl (C=O) groups excluding carboxylic acids is 1. The Morgan fingerprint density at radius 2 is 1.68 bits per heavy atom. The third-order valence-corrected chi connectivity index (χ3v) is 6.49. The summed E-state index contributed by atoms with van der Waals surface area (Å²) >= 11 is 0. The van der Waals surface area contributed by atoms with E-state index >= 15 is 0 Å². The molecule has 0 amide bonds. The number of hydrogen-bond donors (Lipinski definition) is 1. The van der Waals surface area contributed by atoms with Crippen LogP contribution in [0.4, 0.5) is 0 Å². The van der Waals surface area contributed by atoms with Gasteiger partial charge < -0.3 is 14.6 Å². The molecule has 37 heavy (non-hydrogen) atoms. The van der Waals surface area contributed by atoms with Crippen LogP contribution in [0.2, 0.25) is 0 Å². The van der Waals surface area contributed by atoms with Crippen LogP contribution >= 0.6 is 0 Å². The van der Waals surface area contributed by atoms with Crippen molar-refractivity contribution in [3.05, 3.63) is 107 Å². The van der Waals surface area contributed by atoms with Gasteiger partial charge in [-0.05, 0) is 59.2 Å². The minimum Gasteiger partial charge on any atom is -0.478 e. The van der Waals surface area contributed by atoms with Crippen LogP contribution in [0.25, 0.3) is 0 Å². The maximum absolute atomic E-state index is 11.2. The Kier molecular flexibility index (Phi) is 10.6. The fourth-order valence-electron chi connectivity index (χ4n) is 4.29. The van der Waals surface area contributed by atoms with Crippen LogP contribution in [0.15, 0.2) is 78.9 Å². The van der Waals surface area contributed by atoms with Gasteiger partial charge in [0.1, 0.15) is 6.29 Å². The van der Waals surface area contributed by atoms with E-state index in [9.17, 15) is 14.7 Å². The normalized spacial score (nSPS) is 12.4. The lowest BCUT2D eigenvalue weighted by atomic mass is 9.86. The van der Waals surface area contributed by atoms with Crippen molar-refractivity contribution >= 4 is 12.3 Å². The molecule has 0 aliphatic rings. The number of rotatable bonds is 14. The maximum atomic E-state index is 11.2. The topological polar surface area (TPSA) is 66.8 Å². The zero-order chi connectivity index (χ0) is 26.7. The molecule has 1 N–H and O–H groups in total. The van der Waals surface area contributed by atoms with Gasteiger partial charge in [0.2, 0.25) is 0 Å². The van der Waals surface area contributed by atoms with E-state index in [0.29, 0.717) is 26.1 Å². The summed E-state index contributed by atoms with van der Waals surface area (Å²) < 4.78 is 6.55. The molecular weight excluding hydrogens is 462 g/mol. The third-order valence-electron chi connectivity index (χ3n) is 6.49. The van der Waals surface area contributed by atoms with Gasteiger partial charge in [-0.25, -0.2) is 4.79 Å². The van der Waals surface area contributed by atoms with Gasteiger partial charge >= 0.3 is 5.97 Å². The van der Waals surface area contributed by atoms with E-state index in [-0.39, 0.29) is 17.1 Å². The largest absolute Gasteiger partial charge is 0.478 e. The molecular formula is C32H39NO4. The summed E-state index contributed by atoms with van der Waals surface area (Å²) in [6, 6.07) is 25.9. The van der Waals surface area contributed by atoms with Crippen LogP contribution in [-0.2, 0) is 28.1 Å². The van der Waals surface area contributed by atoms with Crippen LogP contribution in [0.3, 0.4) is 0 Å². The molecule has 1 unspecified atom stereocenters. The summed E-state index contributed by atoms with van der Waals surface area (Å²) in [5, 5.41) is 9.23. The lowest BCUT2D eigenvalue weighted by Crippen LogP contribution is -2.30. The van der Waals surface area contributed by atoms with E-state index in [1.165, 1.54) is 5.56 Å². The van der Waals surface area contributed by atoms with Gasteiger partial charge in [0.25, 0.3) is 0 Å². The lowest BCUT2D eigenvalue weighted by molar-refractivity contribution is -0.107. The average Bonchev–Trinajstić information content (AvgIpc) is 2.89. The molecule has 5 heteroatoms. The molecule has 0 saturated carbocycles. The smallest absolute Gasteiger partial charge is 0.335 e. The Morgan fingerprint density at radius 1 is 0.946 bits per heavy atom. The Bertz CT molecular complexity index is 1120. The average molecular weight is 502 g/mol. The van der Waals surface area contributed by atoms with Gasteiger partial charge in [-0.1, -0.05) is 87.5 Å². The Labute approximate surface area is 221 Å². The predicted molar refractivity (Wildman–Crippen MR) is 148 cm³/mol. The summed E-state index contributed by atoms with van der Waals surface area (Å²) in [5.41, 5.74) is 4.95. The highest BCUT2D eigenvalue weighted by Gasteiger charge is 2.19. The Hall–Kier alpha value is -3.28. The number of aromatic carboxylic acids is 1. The lowest BCUT2D eigenvalue weighted by Gasteiger charge is -2.28. The van der Waals surface area contributed by atoms with Crippen molar-refractivity contribution in [2.45, 2.75) is 64.7 Å². The second kappa shape index (κ2) is 13.9. The zero-order valence-electron chi connectivity index (χ0n) is 22.2. The fraction of sp³-hybridized carbons (Fsp3) is 0.375. The van der Waals surface area contributed by atoms with Gasteiger partial charge in [0, 0.05) is 19.5 Å². The highest BCUT2D eigenvalue weighted by molar-refractivity contribution is 5.87. The summed E-state index contributed by atoms with van der Waals surface area (Å²) in [6.07, 6.45) is 3.14. The van der Waals surface area contributed by atoms with Crippen LogP contribution in [0, 0.1) is 0 Å². The first-order chi connectivity index (χ1) is 17.8. The standard InChI is InChI=1S/C32H39NO4/c1-32(2,3)29-14-10-11-26(21-29)24-37-30(27-12-6-4-7-13-27)23-33(19-8-5-9-20-34)22-25-15-17-28(18-16-25)31(35)36/h4,6-7,10-18,20-21,30H,5,8-9,19,22-24H2,1-3H3,(H,35,36). The molecule has 1 atom stereocenters. The van der Waals surface area contributed by atoms with Crippen molar-refractivity contribution in [2.24, 2.45) is 0 Å². The molecule has 0 saturated heterocycles. The molecule has 0 radical (unpaired) electrons. The van der Waals surface area contributed by atoms with E-state index in [4.69, 9.17) is 4.74 Å². The summed E-state index contributed by atoms with van der Waals surface area (Å²) in [6.45, 7) is 9.33. The number of nitrogens with zero attached hydrogens (tertiary/aromatic N) is 1. The minimum absolute atomic E-state index is 0.0728. The number of ether oxygens (including phenoxy) is 1. The summed E-state index contributed by atoms with van der Waals surface area (Å²) in [5.74, 6) is -0.926. The molecule has 5 nitrogen and oxygen atoms in total. The highest BCUT2D eigenvalue weighted by atomic mass is 16.5. The number of carbonyl (C=O) groups is 2.